The molecule has 2 aliphatic heterocycles. The molecule has 3 aromatic rings. The molecular formula is C43H55F2N5O8S. The largest absolute Gasteiger partial charge is 0.460 e. The predicted molar refractivity (Wildman–Crippen MR) is 217 cm³/mol. The summed E-state index contributed by atoms with van der Waals surface area (Å²) in [5.41, 5.74) is -0.00990. The summed E-state index contributed by atoms with van der Waals surface area (Å²) in [6.07, 6.45) is 6.15. The first kappa shape index (κ1) is 43.9. The minimum atomic E-state index is -4.17. The number of benzene rings is 2. The van der Waals surface area contributed by atoms with Crippen molar-refractivity contribution in [1.82, 2.24) is 23.5 Å². The molecule has 0 spiro atoms. The number of amides is 2. The van der Waals surface area contributed by atoms with Crippen LogP contribution in [0.5, 0.6) is 6.01 Å². The number of fused-ring (bicyclic) bond motifs is 3. The van der Waals surface area contributed by atoms with Gasteiger partial charge in [-0.3, -0.25) is 23.7 Å². The summed E-state index contributed by atoms with van der Waals surface area (Å²) >= 11 is 0. The SMILES string of the molecule is CC(C)n1c(O[C@@H]2C[C@H]3C(=O)C[C@]4(C(=O)NS(=O)(=O)N(C)C)C[C@H]4/C=C\CCCCC[C@H](CC(=O)OC(C)(C)C)C(=O)N3C2)nc2c(-c3ccc(F)c(F)c3)cccc21. The monoisotopic (exact) mass is 839 g/mol. The first-order chi connectivity index (χ1) is 27.7. The second-order valence-corrected chi connectivity index (χ2v) is 19.4. The fourth-order valence-corrected chi connectivity index (χ4v) is 8.87. The van der Waals surface area contributed by atoms with E-state index in [0.29, 0.717) is 41.4 Å². The average Bonchev–Trinajstić information content (AvgIpc) is 3.46. The molecule has 59 heavy (non-hydrogen) atoms. The number of ether oxygens (including phenoxy) is 2. The molecule has 1 saturated heterocycles. The number of esters is 1. The lowest BCUT2D eigenvalue weighted by atomic mass is 9.90. The number of halogens is 2. The molecule has 0 unspecified atom stereocenters. The van der Waals surface area contributed by atoms with Crippen LogP contribution in [0.25, 0.3) is 22.2 Å². The van der Waals surface area contributed by atoms with E-state index in [2.05, 4.69) is 4.72 Å². The van der Waals surface area contributed by atoms with Crippen molar-refractivity contribution < 1.29 is 45.9 Å². The van der Waals surface area contributed by atoms with E-state index in [1.165, 1.54) is 25.1 Å². The Balaban J connectivity index is 1.37. The highest BCUT2D eigenvalue weighted by Gasteiger charge is 2.61. The number of hydrogen-bond acceptors (Lipinski definition) is 9. The van der Waals surface area contributed by atoms with Gasteiger partial charge in [-0.25, -0.2) is 13.5 Å². The molecule has 16 heteroatoms. The highest BCUT2D eigenvalue weighted by molar-refractivity contribution is 7.87. The van der Waals surface area contributed by atoms with Crippen molar-refractivity contribution in [3.05, 3.63) is 60.2 Å². The van der Waals surface area contributed by atoms with Crippen molar-refractivity contribution in [2.75, 3.05) is 20.6 Å². The van der Waals surface area contributed by atoms with Crippen LogP contribution in [0.3, 0.4) is 0 Å². The lowest BCUT2D eigenvalue weighted by Crippen LogP contribution is -2.47. The van der Waals surface area contributed by atoms with Crippen LogP contribution in [0, 0.1) is 28.9 Å². The van der Waals surface area contributed by atoms with Crippen LogP contribution in [0.1, 0.15) is 98.4 Å². The molecule has 6 rings (SSSR count). The maximum absolute atomic E-state index is 14.7. The maximum atomic E-state index is 14.7. The third kappa shape index (κ3) is 9.69. The van der Waals surface area contributed by atoms with Crippen LogP contribution in [0.2, 0.25) is 0 Å². The van der Waals surface area contributed by atoms with Crippen LogP contribution in [-0.2, 0) is 34.1 Å². The summed E-state index contributed by atoms with van der Waals surface area (Å²) in [4.78, 5) is 62.6. The molecule has 3 heterocycles. The fourth-order valence-electron chi connectivity index (χ4n) is 8.25. The summed E-state index contributed by atoms with van der Waals surface area (Å²) in [7, 11) is -1.57. The van der Waals surface area contributed by atoms with Crippen molar-refractivity contribution in [3.63, 3.8) is 0 Å². The number of ketones is 1. The Kier molecular flexibility index (Phi) is 12.7. The molecule has 1 aliphatic carbocycles. The summed E-state index contributed by atoms with van der Waals surface area (Å²) in [5.74, 6) is -5.32. The van der Waals surface area contributed by atoms with Crippen LogP contribution in [0.15, 0.2) is 48.6 Å². The quantitative estimate of drug-likeness (QED) is 0.184. The van der Waals surface area contributed by atoms with Crippen molar-refractivity contribution in [2.24, 2.45) is 17.3 Å². The van der Waals surface area contributed by atoms with Gasteiger partial charge in [-0.15, -0.1) is 0 Å². The Morgan fingerprint density at radius 2 is 1.81 bits per heavy atom. The Morgan fingerprint density at radius 1 is 1.07 bits per heavy atom. The van der Waals surface area contributed by atoms with E-state index >= 15 is 0 Å². The Labute approximate surface area is 344 Å². The lowest BCUT2D eigenvalue weighted by Gasteiger charge is -2.29. The van der Waals surface area contributed by atoms with Crippen molar-refractivity contribution >= 4 is 44.8 Å². The Morgan fingerprint density at radius 3 is 2.49 bits per heavy atom. The standard InChI is InChI=1S/C43H55F2N5O8S/c1-26(2)50-34-17-13-16-31(27-18-19-32(44)33(45)20-27)38(34)46-41(50)57-30-22-35-36(51)24-43(40(54)47-59(55,56)48(6)7)23-29(43)15-12-10-8-9-11-14-28(39(53)49(35)25-30)21-37(52)58-42(3,4)5/h12-13,15-20,26,28-30,35H,8-11,14,21-25H2,1-7H3,(H,47,54)/b15-12-/t28-,29-,30-,35+,43-/m1/s1. The van der Waals surface area contributed by atoms with Gasteiger partial charge in [0.25, 0.3) is 6.01 Å². The number of imidazole rings is 1. The zero-order valence-electron chi connectivity index (χ0n) is 34.8. The van der Waals surface area contributed by atoms with E-state index in [0.717, 1.165) is 29.3 Å². The van der Waals surface area contributed by atoms with E-state index in [1.807, 2.05) is 36.6 Å². The van der Waals surface area contributed by atoms with Gasteiger partial charge in [-0.05, 0) is 90.0 Å². The first-order valence-corrected chi connectivity index (χ1v) is 21.7. The second-order valence-electron chi connectivity index (χ2n) is 17.5. The molecule has 320 valence electrons. The number of carbonyl (C=O) groups is 4. The van der Waals surface area contributed by atoms with E-state index in [-0.39, 0.29) is 50.2 Å². The van der Waals surface area contributed by atoms with Gasteiger partial charge in [0.15, 0.2) is 17.4 Å². The maximum Gasteiger partial charge on any atom is 0.307 e. The van der Waals surface area contributed by atoms with E-state index in [4.69, 9.17) is 14.5 Å². The van der Waals surface area contributed by atoms with Gasteiger partial charge in [0.1, 0.15) is 17.2 Å². The van der Waals surface area contributed by atoms with Crippen molar-refractivity contribution in [3.8, 4) is 17.1 Å². The zero-order chi connectivity index (χ0) is 43.0. The van der Waals surface area contributed by atoms with Gasteiger partial charge in [-0.1, -0.05) is 43.2 Å². The smallest absolute Gasteiger partial charge is 0.307 e. The number of nitrogens with zero attached hydrogens (tertiary/aromatic N) is 4. The van der Waals surface area contributed by atoms with E-state index < -0.39 is 74.5 Å². The number of hydrogen-bond donors (Lipinski definition) is 1. The van der Waals surface area contributed by atoms with Gasteiger partial charge in [0.2, 0.25) is 11.8 Å². The Bertz CT molecular complexity index is 2250. The highest BCUT2D eigenvalue weighted by Crippen LogP contribution is 2.57. The zero-order valence-corrected chi connectivity index (χ0v) is 35.6. The molecule has 0 bridgehead atoms. The minimum Gasteiger partial charge on any atom is -0.460 e. The van der Waals surface area contributed by atoms with Crippen molar-refractivity contribution in [1.29, 1.82) is 0 Å². The van der Waals surface area contributed by atoms with Gasteiger partial charge >= 0.3 is 16.2 Å². The molecule has 13 nitrogen and oxygen atoms in total. The molecule has 1 aromatic heterocycles. The molecule has 0 radical (unpaired) electrons. The van der Waals surface area contributed by atoms with Gasteiger partial charge in [-0.2, -0.15) is 17.7 Å². The predicted octanol–water partition coefficient (Wildman–Crippen LogP) is 6.67. The number of allylic oxidation sites excluding steroid dienone is 2. The summed E-state index contributed by atoms with van der Waals surface area (Å²) in [6, 6.07) is 7.96. The number of aromatic nitrogens is 2. The second kappa shape index (κ2) is 17.1. The molecule has 3 aliphatic rings. The minimum absolute atomic E-state index is 0.0328. The van der Waals surface area contributed by atoms with Crippen LogP contribution in [-0.4, -0.2) is 89.1 Å². The third-order valence-corrected chi connectivity index (χ3v) is 12.8. The van der Waals surface area contributed by atoms with E-state index in [9.17, 15) is 36.4 Å². The summed E-state index contributed by atoms with van der Waals surface area (Å²) < 4.78 is 71.0. The topological polar surface area (TPSA) is 157 Å². The number of rotatable bonds is 9. The van der Waals surface area contributed by atoms with Crippen LogP contribution < -0.4 is 9.46 Å². The molecule has 1 saturated carbocycles. The molecule has 5 atom stereocenters. The normalized spacial score (nSPS) is 25.0. The average molecular weight is 840 g/mol. The molecule has 2 aromatic carbocycles. The molecule has 1 N–H and O–H groups in total. The number of Topliss-reactive ketones (excluding diaryl/α,β-unsaturated/α-hetero) is 1. The van der Waals surface area contributed by atoms with Crippen LogP contribution in [0.4, 0.5) is 8.78 Å². The third-order valence-electron chi connectivity index (χ3n) is 11.4. The van der Waals surface area contributed by atoms with Gasteiger partial charge in [0.05, 0.1) is 29.9 Å². The molecular weight excluding hydrogens is 785 g/mol. The summed E-state index contributed by atoms with van der Waals surface area (Å²) in [5, 5.41) is 0. The van der Waals surface area contributed by atoms with Gasteiger partial charge in [0, 0.05) is 44.5 Å². The van der Waals surface area contributed by atoms with E-state index in [1.54, 1.807) is 32.9 Å². The first-order valence-electron chi connectivity index (χ1n) is 20.3. The summed E-state index contributed by atoms with van der Waals surface area (Å²) in [6.45, 7) is 9.09. The molecule has 2 amide bonds. The highest BCUT2D eigenvalue weighted by atomic mass is 32.2. The number of nitrogens with one attached hydrogen (secondary N) is 1. The Hall–Kier alpha value is -4.70. The fraction of sp³-hybridized carbons (Fsp3) is 0.558. The van der Waals surface area contributed by atoms with Crippen LogP contribution >= 0.6 is 0 Å². The van der Waals surface area contributed by atoms with Crippen molar-refractivity contribution in [2.45, 2.75) is 116 Å². The lowest BCUT2D eigenvalue weighted by molar-refractivity contribution is -0.159. The van der Waals surface area contributed by atoms with Gasteiger partial charge < -0.3 is 14.4 Å². The molecule has 2 fully saturated rings. The number of carbonyl (C=O) groups excluding carboxylic acids is 4. The number of para-hydroxylation sites is 1.